The molecule has 2 rings (SSSR count). The molecule has 0 aliphatic carbocycles. The zero-order valence-electron chi connectivity index (χ0n) is 15.0. The fraction of sp³-hybridized carbons (Fsp3) is 0.350. The Morgan fingerprint density at radius 1 is 1.16 bits per heavy atom. The van der Waals surface area contributed by atoms with Crippen LogP contribution in [0.5, 0.6) is 11.5 Å². The van der Waals surface area contributed by atoms with E-state index in [1.165, 1.54) is 0 Å². The molecule has 0 aliphatic rings. The van der Waals surface area contributed by atoms with Crippen molar-refractivity contribution in [3.8, 4) is 11.5 Å². The van der Waals surface area contributed by atoms with Crippen molar-refractivity contribution in [1.29, 1.82) is 0 Å². The summed E-state index contributed by atoms with van der Waals surface area (Å²) < 4.78 is 10.9. The molecule has 0 heterocycles. The Kier molecular flexibility index (Phi) is 6.71. The van der Waals surface area contributed by atoms with Crippen molar-refractivity contribution in [2.75, 3.05) is 7.11 Å². The summed E-state index contributed by atoms with van der Waals surface area (Å²) in [5.41, 5.74) is 1.95. The normalized spacial score (nSPS) is 13.0. The summed E-state index contributed by atoms with van der Waals surface area (Å²) in [5, 5.41) is 3.71. The second kappa shape index (κ2) is 8.77. The lowest BCUT2D eigenvalue weighted by Crippen LogP contribution is -2.38. The summed E-state index contributed by atoms with van der Waals surface area (Å²) in [5.74, 6) is 1.26. The first-order chi connectivity index (χ1) is 11.9. The maximum Gasteiger partial charge on any atom is 0.261 e. The van der Waals surface area contributed by atoms with Gasteiger partial charge in [-0.2, -0.15) is 0 Å². The van der Waals surface area contributed by atoms with Gasteiger partial charge in [-0.25, -0.2) is 0 Å². The zero-order valence-corrected chi connectivity index (χ0v) is 15.8. The number of hydrogen-bond acceptors (Lipinski definition) is 3. The van der Waals surface area contributed by atoms with E-state index in [9.17, 15) is 4.79 Å². The first kappa shape index (κ1) is 19.1. The summed E-state index contributed by atoms with van der Waals surface area (Å²) in [7, 11) is 1.63. The van der Waals surface area contributed by atoms with E-state index in [-0.39, 0.29) is 11.9 Å². The molecule has 0 spiro atoms. The van der Waals surface area contributed by atoms with Gasteiger partial charge in [0.05, 0.1) is 13.2 Å². The van der Waals surface area contributed by atoms with Crippen LogP contribution in [0.4, 0.5) is 0 Å². The molecule has 0 radical (unpaired) electrons. The molecular weight excluding hydrogens is 338 g/mol. The Balaban J connectivity index is 2.01. The number of ether oxygens (including phenoxy) is 2. The van der Waals surface area contributed by atoms with Gasteiger partial charge < -0.3 is 14.8 Å². The molecule has 1 N–H and O–H groups in total. The Morgan fingerprint density at radius 3 is 2.36 bits per heavy atom. The summed E-state index contributed by atoms with van der Waals surface area (Å²) >= 11 is 6.01. The minimum Gasteiger partial charge on any atom is -0.497 e. The van der Waals surface area contributed by atoms with Crippen LogP contribution in [-0.2, 0) is 4.79 Å². The molecular formula is C20H24ClNO3. The lowest BCUT2D eigenvalue weighted by atomic mass is 10.0. The van der Waals surface area contributed by atoms with Crippen LogP contribution in [0.15, 0.2) is 42.5 Å². The monoisotopic (exact) mass is 361 g/mol. The molecule has 0 unspecified atom stereocenters. The highest BCUT2D eigenvalue weighted by Gasteiger charge is 2.19. The third kappa shape index (κ3) is 5.13. The molecule has 5 heteroatoms. The van der Waals surface area contributed by atoms with Crippen molar-refractivity contribution < 1.29 is 14.3 Å². The maximum atomic E-state index is 12.5. The first-order valence-electron chi connectivity index (χ1n) is 8.31. The minimum atomic E-state index is -0.604. The predicted octanol–water partition coefficient (Wildman–Crippen LogP) is 4.69. The number of carbonyl (C=O) groups is 1. The molecule has 2 atom stereocenters. The van der Waals surface area contributed by atoms with Crippen LogP contribution < -0.4 is 14.8 Å². The zero-order chi connectivity index (χ0) is 18.4. The number of benzene rings is 2. The highest BCUT2D eigenvalue weighted by atomic mass is 35.5. The van der Waals surface area contributed by atoms with Crippen molar-refractivity contribution in [3.05, 3.63) is 58.6 Å². The molecule has 134 valence electrons. The fourth-order valence-corrected chi connectivity index (χ4v) is 2.61. The topological polar surface area (TPSA) is 47.6 Å². The van der Waals surface area contributed by atoms with Crippen LogP contribution in [0.2, 0.25) is 5.02 Å². The van der Waals surface area contributed by atoms with E-state index in [0.29, 0.717) is 10.8 Å². The van der Waals surface area contributed by atoms with Crippen molar-refractivity contribution in [2.45, 2.75) is 39.3 Å². The standard InChI is InChI=1S/C20H24ClNO3/c1-5-19(15-6-8-16(24-4)9-7-15)22-20(23)14(3)25-17-10-11-18(21)13(2)12-17/h6-12,14,19H,5H2,1-4H3,(H,22,23)/t14-,19-/m1/s1. The highest BCUT2D eigenvalue weighted by molar-refractivity contribution is 6.31. The van der Waals surface area contributed by atoms with E-state index < -0.39 is 6.10 Å². The largest absolute Gasteiger partial charge is 0.497 e. The van der Waals surface area contributed by atoms with Gasteiger partial charge in [0, 0.05) is 5.02 Å². The van der Waals surface area contributed by atoms with Gasteiger partial charge in [0.25, 0.3) is 5.91 Å². The SMILES string of the molecule is CC[C@@H](NC(=O)[C@@H](C)Oc1ccc(Cl)c(C)c1)c1ccc(OC)cc1. The molecule has 0 aliphatic heterocycles. The molecule has 0 aromatic heterocycles. The lowest BCUT2D eigenvalue weighted by Gasteiger charge is -2.21. The van der Waals surface area contributed by atoms with Gasteiger partial charge in [-0.1, -0.05) is 30.7 Å². The second-order valence-corrected chi connectivity index (χ2v) is 6.32. The van der Waals surface area contributed by atoms with Gasteiger partial charge in [0.1, 0.15) is 11.5 Å². The van der Waals surface area contributed by atoms with Crippen molar-refractivity contribution in [3.63, 3.8) is 0 Å². The van der Waals surface area contributed by atoms with Crippen LogP contribution >= 0.6 is 11.6 Å². The van der Waals surface area contributed by atoms with Crippen LogP contribution in [-0.4, -0.2) is 19.1 Å². The molecule has 0 saturated carbocycles. The van der Waals surface area contributed by atoms with E-state index in [1.54, 1.807) is 26.2 Å². The maximum absolute atomic E-state index is 12.5. The molecule has 2 aromatic rings. The fourth-order valence-electron chi connectivity index (χ4n) is 2.49. The summed E-state index contributed by atoms with van der Waals surface area (Å²) in [4.78, 5) is 12.5. The number of aryl methyl sites for hydroxylation is 1. The number of nitrogens with one attached hydrogen (secondary N) is 1. The molecule has 1 amide bonds. The number of rotatable bonds is 7. The van der Waals surface area contributed by atoms with Gasteiger partial charge in [-0.3, -0.25) is 4.79 Å². The van der Waals surface area contributed by atoms with Crippen LogP contribution in [0, 0.1) is 6.92 Å². The highest BCUT2D eigenvalue weighted by Crippen LogP contribution is 2.23. The van der Waals surface area contributed by atoms with Crippen molar-refractivity contribution in [1.82, 2.24) is 5.32 Å². The Hall–Kier alpha value is -2.20. The minimum absolute atomic E-state index is 0.0728. The lowest BCUT2D eigenvalue weighted by molar-refractivity contribution is -0.128. The van der Waals surface area contributed by atoms with Crippen LogP contribution in [0.25, 0.3) is 0 Å². The first-order valence-corrected chi connectivity index (χ1v) is 8.69. The van der Waals surface area contributed by atoms with Gasteiger partial charge in [0.15, 0.2) is 6.10 Å². The number of methoxy groups -OCH3 is 1. The van der Waals surface area contributed by atoms with Crippen LogP contribution in [0.1, 0.15) is 37.4 Å². The number of carbonyl (C=O) groups excluding carboxylic acids is 1. The van der Waals surface area contributed by atoms with E-state index in [0.717, 1.165) is 23.3 Å². The van der Waals surface area contributed by atoms with Crippen molar-refractivity contribution in [2.24, 2.45) is 0 Å². The Bertz CT molecular complexity index is 715. The van der Waals surface area contributed by atoms with Gasteiger partial charge >= 0.3 is 0 Å². The molecule has 0 fully saturated rings. The Morgan fingerprint density at radius 2 is 1.80 bits per heavy atom. The summed E-state index contributed by atoms with van der Waals surface area (Å²) in [6.07, 6.45) is 0.179. The molecule has 0 saturated heterocycles. The molecule has 25 heavy (non-hydrogen) atoms. The van der Waals surface area contributed by atoms with Gasteiger partial charge in [-0.05, 0) is 61.7 Å². The third-order valence-electron chi connectivity index (χ3n) is 4.05. The number of amides is 1. The predicted molar refractivity (Wildman–Crippen MR) is 100 cm³/mol. The van der Waals surface area contributed by atoms with Gasteiger partial charge in [-0.15, -0.1) is 0 Å². The smallest absolute Gasteiger partial charge is 0.261 e. The van der Waals surface area contributed by atoms with Crippen LogP contribution in [0.3, 0.4) is 0 Å². The van der Waals surface area contributed by atoms with E-state index in [1.807, 2.05) is 44.2 Å². The summed E-state index contributed by atoms with van der Waals surface area (Å²) in [6, 6.07) is 13.0. The average Bonchev–Trinajstić information content (AvgIpc) is 2.62. The third-order valence-corrected chi connectivity index (χ3v) is 4.48. The number of halogens is 1. The van der Waals surface area contributed by atoms with Gasteiger partial charge in [0.2, 0.25) is 0 Å². The second-order valence-electron chi connectivity index (χ2n) is 5.91. The molecule has 2 aromatic carbocycles. The van der Waals surface area contributed by atoms with E-state index >= 15 is 0 Å². The van der Waals surface area contributed by atoms with Crippen molar-refractivity contribution >= 4 is 17.5 Å². The summed E-state index contributed by atoms with van der Waals surface area (Å²) in [6.45, 7) is 5.67. The molecule has 4 nitrogen and oxygen atoms in total. The molecule has 0 bridgehead atoms. The Labute approximate surface area is 154 Å². The quantitative estimate of drug-likeness (QED) is 0.778. The van der Waals surface area contributed by atoms with E-state index in [4.69, 9.17) is 21.1 Å². The van der Waals surface area contributed by atoms with E-state index in [2.05, 4.69) is 5.32 Å². The average molecular weight is 362 g/mol. The number of hydrogen-bond donors (Lipinski definition) is 1.